The molecule has 122 valence electrons. The molecule has 6 heteroatoms. The molecule has 0 aromatic heterocycles. The monoisotopic (exact) mass is 298 g/mol. The molecule has 2 N–H and O–H groups in total. The maximum absolute atomic E-state index is 12.5. The van der Waals surface area contributed by atoms with Gasteiger partial charge in [0.15, 0.2) is 0 Å². The van der Waals surface area contributed by atoms with Crippen molar-refractivity contribution in [3.8, 4) is 0 Å². The quantitative estimate of drug-likeness (QED) is 0.711. The summed E-state index contributed by atoms with van der Waals surface area (Å²) in [6.07, 6.45) is 0. The summed E-state index contributed by atoms with van der Waals surface area (Å²) in [5.41, 5.74) is -0.648. The predicted octanol–water partition coefficient (Wildman–Crippen LogP) is -0.805. The summed E-state index contributed by atoms with van der Waals surface area (Å²) < 4.78 is 0. The lowest BCUT2D eigenvalue weighted by Gasteiger charge is -2.41. The van der Waals surface area contributed by atoms with Gasteiger partial charge in [0.25, 0.3) is 0 Å². The van der Waals surface area contributed by atoms with Crippen molar-refractivity contribution < 1.29 is 9.90 Å². The maximum Gasteiger partial charge on any atom is 0.239 e. The van der Waals surface area contributed by atoms with E-state index in [-0.39, 0.29) is 11.9 Å². The van der Waals surface area contributed by atoms with Gasteiger partial charge in [-0.25, -0.2) is 0 Å². The summed E-state index contributed by atoms with van der Waals surface area (Å²) in [5, 5.41) is 13.2. The molecule has 1 unspecified atom stereocenters. The lowest BCUT2D eigenvalue weighted by Crippen LogP contribution is -2.57. The highest BCUT2D eigenvalue weighted by molar-refractivity contribution is 5.81. The first kappa shape index (κ1) is 16.7. The van der Waals surface area contributed by atoms with Crippen molar-refractivity contribution in [1.82, 2.24) is 20.0 Å². The third-order valence-electron chi connectivity index (χ3n) is 4.35. The Morgan fingerprint density at radius 1 is 1.14 bits per heavy atom. The summed E-state index contributed by atoms with van der Waals surface area (Å²) >= 11 is 0. The zero-order valence-electron chi connectivity index (χ0n) is 13.6. The van der Waals surface area contributed by atoms with E-state index in [4.69, 9.17) is 0 Å². The van der Waals surface area contributed by atoms with Crippen molar-refractivity contribution in [1.29, 1.82) is 0 Å². The summed E-state index contributed by atoms with van der Waals surface area (Å²) in [5.74, 6) is 0.257. The van der Waals surface area contributed by atoms with Crippen LogP contribution in [0.1, 0.15) is 20.8 Å². The number of carbonyl (C=O) groups excluding carboxylic acids is 1. The van der Waals surface area contributed by atoms with Gasteiger partial charge in [-0.2, -0.15) is 0 Å². The summed E-state index contributed by atoms with van der Waals surface area (Å²) in [6.45, 7) is 13.5. The van der Waals surface area contributed by atoms with Gasteiger partial charge in [-0.15, -0.1) is 0 Å². The molecule has 2 heterocycles. The van der Waals surface area contributed by atoms with E-state index < -0.39 is 5.60 Å². The summed E-state index contributed by atoms with van der Waals surface area (Å²) in [4.78, 5) is 19.0. The predicted molar refractivity (Wildman–Crippen MR) is 83.2 cm³/mol. The molecule has 21 heavy (non-hydrogen) atoms. The number of nitrogens with one attached hydrogen (secondary N) is 1. The van der Waals surface area contributed by atoms with Gasteiger partial charge in [0.1, 0.15) is 0 Å². The number of amides is 1. The second-order valence-electron chi connectivity index (χ2n) is 6.88. The highest BCUT2D eigenvalue weighted by atomic mass is 16.3. The molecule has 0 aromatic carbocycles. The molecule has 1 atom stereocenters. The van der Waals surface area contributed by atoms with Crippen LogP contribution < -0.4 is 5.32 Å². The SMILES string of the molecule is CC(C(=O)N1CCNCC1)N1CCN(CC(C)(C)O)CC1. The summed E-state index contributed by atoms with van der Waals surface area (Å²) in [7, 11) is 0. The van der Waals surface area contributed by atoms with Crippen molar-refractivity contribution >= 4 is 5.91 Å². The van der Waals surface area contributed by atoms with Gasteiger partial charge in [-0.05, 0) is 20.8 Å². The van der Waals surface area contributed by atoms with Crippen molar-refractivity contribution in [2.45, 2.75) is 32.4 Å². The van der Waals surface area contributed by atoms with Gasteiger partial charge < -0.3 is 15.3 Å². The Kier molecular flexibility index (Phi) is 5.60. The average molecular weight is 298 g/mol. The van der Waals surface area contributed by atoms with Crippen LogP contribution in [0.3, 0.4) is 0 Å². The van der Waals surface area contributed by atoms with Gasteiger partial charge >= 0.3 is 0 Å². The van der Waals surface area contributed by atoms with Gasteiger partial charge in [-0.3, -0.25) is 14.6 Å². The van der Waals surface area contributed by atoms with Crippen LogP contribution in [0.25, 0.3) is 0 Å². The van der Waals surface area contributed by atoms with E-state index in [1.807, 2.05) is 25.7 Å². The fourth-order valence-electron chi connectivity index (χ4n) is 3.16. The topological polar surface area (TPSA) is 59.1 Å². The van der Waals surface area contributed by atoms with E-state index in [1.165, 1.54) is 0 Å². The molecule has 0 bridgehead atoms. The fraction of sp³-hybridized carbons (Fsp3) is 0.933. The first-order chi connectivity index (χ1) is 9.87. The van der Waals surface area contributed by atoms with E-state index in [0.29, 0.717) is 6.54 Å². The lowest BCUT2D eigenvalue weighted by molar-refractivity contribution is -0.137. The number of hydrogen-bond donors (Lipinski definition) is 2. The summed E-state index contributed by atoms with van der Waals surface area (Å²) in [6, 6.07) is -0.0348. The van der Waals surface area contributed by atoms with Gasteiger partial charge in [-0.1, -0.05) is 0 Å². The molecular weight excluding hydrogens is 268 g/mol. The largest absolute Gasteiger partial charge is 0.389 e. The number of β-amino-alcohol motifs (C(OH)–C–C–N with tert-alkyl or cyclic N) is 1. The smallest absolute Gasteiger partial charge is 0.239 e. The zero-order chi connectivity index (χ0) is 15.5. The first-order valence-corrected chi connectivity index (χ1v) is 8.05. The Hall–Kier alpha value is -0.690. The number of aliphatic hydroxyl groups is 1. The maximum atomic E-state index is 12.5. The molecule has 2 saturated heterocycles. The van der Waals surface area contributed by atoms with Crippen LogP contribution in [-0.4, -0.2) is 96.3 Å². The minimum Gasteiger partial charge on any atom is -0.389 e. The Balaban J connectivity index is 1.79. The van der Waals surface area contributed by atoms with Crippen LogP contribution in [0.2, 0.25) is 0 Å². The number of hydrogen-bond acceptors (Lipinski definition) is 5. The van der Waals surface area contributed by atoms with Crippen molar-refractivity contribution in [2.75, 3.05) is 58.9 Å². The molecule has 0 aromatic rings. The third-order valence-corrected chi connectivity index (χ3v) is 4.35. The van der Waals surface area contributed by atoms with Crippen LogP contribution in [0.15, 0.2) is 0 Å². The molecule has 0 radical (unpaired) electrons. The second-order valence-corrected chi connectivity index (χ2v) is 6.88. The highest BCUT2D eigenvalue weighted by Gasteiger charge is 2.30. The minimum atomic E-state index is -0.648. The van der Waals surface area contributed by atoms with E-state index >= 15 is 0 Å². The van der Waals surface area contributed by atoms with Crippen LogP contribution in [0.5, 0.6) is 0 Å². The Morgan fingerprint density at radius 3 is 2.24 bits per heavy atom. The van der Waals surface area contributed by atoms with Crippen LogP contribution >= 0.6 is 0 Å². The Bertz CT molecular complexity index is 342. The average Bonchev–Trinajstić information content (AvgIpc) is 2.46. The highest BCUT2D eigenvalue weighted by Crippen LogP contribution is 2.12. The van der Waals surface area contributed by atoms with E-state index in [2.05, 4.69) is 15.1 Å². The fourth-order valence-corrected chi connectivity index (χ4v) is 3.16. The number of carbonyl (C=O) groups is 1. The lowest BCUT2D eigenvalue weighted by atomic mass is 10.1. The number of rotatable bonds is 4. The van der Waals surface area contributed by atoms with Crippen LogP contribution in [-0.2, 0) is 4.79 Å². The number of piperazine rings is 2. The molecule has 2 rings (SSSR count). The van der Waals surface area contributed by atoms with E-state index in [1.54, 1.807) is 0 Å². The minimum absolute atomic E-state index is 0.0348. The molecule has 0 spiro atoms. The Morgan fingerprint density at radius 2 is 1.71 bits per heavy atom. The van der Waals surface area contributed by atoms with Crippen molar-refractivity contribution in [3.05, 3.63) is 0 Å². The van der Waals surface area contributed by atoms with E-state index in [9.17, 15) is 9.90 Å². The molecule has 0 aliphatic carbocycles. The van der Waals surface area contributed by atoms with Crippen molar-refractivity contribution in [3.63, 3.8) is 0 Å². The van der Waals surface area contributed by atoms with E-state index in [0.717, 1.165) is 52.4 Å². The van der Waals surface area contributed by atoms with Crippen LogP contribution in [0.4, 0.5) is 0 Å². The second kappa shape index (κ2) is 7.05. The van der Waals surface area contributed by atoms with Crippen LogP contribution in [0, 0.1) is 0 Å². The molecule has 1 amide bonds. The molecule has 6 nitrogen and oxygen atoms in total. The van der Waals surface area contributed by atoms with Crippen molar-refractivity contribution in [2.24, 2.45) is 0 Å². The van der Waals surface area contributed by atoms with Gasteiger partial charge in [0.2, 0.25) is 5.91 Å². The molecule has 2 aliphatic heterocycles. The molecule has 2 fully saturated rings. The third kappa shape index (κ3) is 4.92. The normalized spacial score (nSPS) is 24.1. The van der Waals surface area contributed by atoms with Gasteiger partial charge in [0.05, 0.1) is 11.6 Å². The standard InChI is InChI=1S/C15H30N4O2/c1-13(14(20)19-6-4-16-5-7-19)18-10-8-17(9-11-18)12-15(2,3)21/h13,16,21H,4-12H2,1-3H3. The number of nitrogens with zero attached hydrogens (tertiary/aromatic N) is 3. The first-order valence-electron chi connectivity index (χ1n) is 8.05. The zero-order valence-corrected chi connectivity index (χ0v) is 13.6. The molecule has 2 aliphatic rings. The van der Waals surface area contributed by atoms with Gasteiger partial charge in [0, 0.05) is 58.9 Å². The molecule has 0 saturated carbocycles. The molecular formula is C15H30N4O2. The Labute approximate surface area is 128 Å².